The second kappa shape index (κ2) is 3.57. The van der Waals surface area contributed by atoms with Crippen LogP contribution in [-0.4, -0.2) is 4.98 Å². The molecule has 0 bridgehead atoms. The van der Waals surface area contributed by atoms with E-state index in [9.17, 15) is 5.21 Å². The molecule has 16 heavy (non-hydrogen) atoms. The Morgan fingerprint density at radius 3 is 2.75 bits per heavy atom. The Bertz CT molecular complexity index is 634. The van der Waals surface area contributed by atoms with Gasteiger partial charge in [-0.1, -0.05) is 30.3 Å². The molecule has 0 amide bonds. The molecular formula is C12H8N2OS. The summed E-state index contributed by atoms with van der Waals surface area (Å²) in [6.45, 7) is 0. The molecule has 3 nitrogen and oxygen atoms in total. The molecule has 3 aromatic rings. The molecule has 2 aromatic heterocycles. The Morgan fingerprint density at radius 1 is 1.12 bits per heavy atom. The minimum Gasteiger partial charge on any atom is -0.619 e. The molecule has 78 valence electrons. The summed E-state index contributed by atoms with van der Waals surface area (Å²) in [6, 6.07) is 11.7. The highest BCUT2D eigenvalue weighted by atomic mass is 32.1. The maximum absolute atomic E-state index is 11.1. The van der Waals surface area contributed by atoms with Gasteiger partial charge in [0.1, 0.15) is 9.71 Å². The normalized spacial score (nSPS) is 10.8. The Morgan fingerprint density at radius 2 is 1.94 bits per heavy atom. The van der Waals surface area contributed by atoms with Crippen LogP contribution in [0.15, 0.2) is 48.8 Å². The number of rotatable bonds is 1. The van der Waals surface area contributed by atoms with Gasteiger partial charge in [-0.3, -0.25) is 0 Å². The predicted octanol–water partition coefficient (Wildman–Crippen LogP) is 2.60. The van der Waals surface area contributed by atoms with E-state index in [1.807, 2.05) is 30.3 Å². The fourth-order valence-corrected chi connectivity index (χ4v) is 2.54. The van der Waals surface area contributed by atoms with E-state index in [0.717, 1.165) is 25.5 Å². The first-order valence-electron chi connectivity index (χ1n) is 4.88. The number of pyridine rings is 1. The van der Waals surface area contributed by atoms with Gasteiger partial charge in [0.05, 0.1) is 5.52 Å². The fraction of sp³-hybridized carbons (Fsp3) is 0. The number of aromatic nitrogens is 2. The Labute approximate surface area is 96.2 Å². The van der Waals surface area contributed by atoms with Crippen LogP contribution >= 0.6 is 11.3 Å². The van der Waals surface area contributed by atoms with E-state index in [2.05, 4.69) is 4.98 Å². The van der Waals surface area contributed by atoms with Crippen molar-refractivity contribution in [3.8, 4) is 10.6 Å². The van der Waals surface area contributed by atoms with Crippen molar-refractivity contribution in [2.45, 2.75) is 0 Å². The van der Waals surface area contributed by atoms with Gasteiger partial charge in [-0.2, -0.15) is 4.73 Å². The predicted molar refractivity (Wildman–Crippen MR) is 64.0 cm³/mol. The van der Waals surface area contributed by atoms with Gasteiger partial charge in [0.15, 0.2) is 12.4 Å². The van der Waals surface area contributed by atoms with Gasteiger partial charge < -0.3 is 5.21 Å². The SMILES string of the molecule is [O-][n+]1ccc2nc(-c3ccccc3)sc2c1. The molecule has 0 spiro atoms. The smallest absolute Gasteiger partial charge is 0.199 e. The zero-order valence-corrected chi connectivity index (χ0v) is 9.15. The fourth-order valence-electron chi connectivity index (χ4n) is 1.56. The van der Waals surface area contributed by atoms with Crippen molar-refractivity contribution < 1.29 is 4.73 Å². The van der Waals surface area contributed by atoms with Crippen molar-refractivity contribution in [1.82, 2.24) is 4.98 Å². The number of hydrogen-bond acceptors (Lipinski definition) is 3. The molecule has 0 saturated carbocycles. The van der Waals surface area contributed by atoms with Crippen molar-refractivity contribution in [2.24, 2.45) is 0 Å². The van der Waals surface area contributed by atoms with Gasteiger partial charge in [0, 0.05) is 11.6 Å². The first-order valence-corrected chi connectivity index (χ1v) is 5.69. The number of fused-ring (bicyclic) bond motifs is 1. The molecule has 0 N–H and O–H groups in total. The molecular weight excluding hydrogens is 220 g/mol. The highest BCUT2D eigenvalue weighted by molar-refractivity contribution is 7.21. The Kier molecular flexibility index (Phi) is 2.08. The van der Waals surface area contributed by atoms with Gasteiger partial charge >= 0.3 is 0 Å². The van der Waals surface area contributed by atoms with E-state index in [1.54, 1.807) is 12.3 Å². The van der Waals surface area contributed by atoms with E-state index < -0.39 is 0 Å². The molecule has 3 rings (SSSR count). The Balaban J connectivity index is 2.19. The third-order valence-electron chi connectivity index (χ3n) is 2.33. The van der Waals surface area contributed by atoms with Crippen molar-refractivity contribution >= 4 is 21.6 Å². The largest absolute Gasteiger partial charge is 0.619 e. The maximum Gasteiger partial charge on any atom is 0.199 e. The Hall–Kier alpha value is -1.94. The molecule has 0 unspecified atom stereocenters. The molecule has 0 aliphatic heterocycles. The van der Waals surface area contributed by atoms with Gasteiger partial charge in [-0.25, -0.2) is 4.98 Å². The lowest BCUT2D eigenvalue weighted by atomic mass is 10.2. The zero-order chi connectivity index (χ0) is 11.0. The molecule has 2 heterocycles. The van der Waals surface area contributed by atoms with Crippen LogP contribution in [0.5, 0.6) is 0 Å². The van der Waals surface area contributed by atoms with Crippen molar-refractivity contribution in [1.29, 1.82) is 0 Å². The first kappa shape index (κ1) is 9.30. The summed E-state index contributed by atoms with van der Waals surface area (Å²) in [5.41, 5.74) is 1.96. The monoisotopic (exact) mass is 228 g/mol. The second-order valence-corrected chi connectivity index (χ2v) is 4.47. The van der Waals surface area contributed by atoms with Crippen LogP contribution in [0, 0.1) is 5.21 Å². The lowest BCUT2D eigenvalue weighted by molar-refractivity contribution is -0.603. The number of benzene rings is 1. The summed E-state index contributed by atoms with van der Waals surface area (Å²) in [6.07, 6.45) is 3.02. The topological polar surface area (TPSA) is 39.8 Å². The number of nitrogens with zero attached hydrogens (tertiary/aromatic N) is 2. The molecule has 0 saturated heterocycles. The summed E-state index contributed by atoms with van der Waals surface area (Å²) in [7, 11) is 0. The van der Waals surface area contributed by atoms with Crippen LogP contribution < -0.4 is 4.73 Å². The van der Waals surface area contributed by atoms with E-state index in [4.69, 9.17) is 0 Å². The van der Waals surface area contributed by atoms with Gasteiger partial charge in [0.2, 0.25) is 0 Å². The van der Waals surface area contributed by atoms with E-state index in [-0.39, 0.29) is 0 Å². The number of hydrogen-bond donors (Lipinski definition) is 0. The maximum atomic E-state index is 11.1. The van der Waals surface area contributed by atoms with Crippen molar-refractivity contribution in [2.75, 3.05) is 0 Å². The van der Waals surface area contributed by atoms with E-state index in [1.165, 1.54) is 17.5 Å². The minimum absolute atomic E-state index is 0.801. The quantitative estimate of drug-likeness (QED) is 0.474. The van der Waals surface area contributed by atoms with Crippen LogP contribution in [0.4, 0.5) is 0 Å². The third-order valence-corrected chi connectivity index (χ3v) is 3.38. The lowest BCUT2D eigenvalue weighted by Crippen LogP contribution is -2.23. The van der Waals surface area contributed by atoms with Crippen molar-refractivity contribution in [3.63, 3.8) is 0 Å². The van der Waals surface area contributed by atoms with Crippen LogP contribution in [-0.2, 0) is 0 Å². The lowest BCUT2D eigenvalue weighted by Gasteiger charge is -1.92. The van der Waals surface area contributed by atoms with E-state index in [0.29, 0.717) is 0 Å². The molecule has 0 atom stereocenters. The third kappa shape index (κ3) is 1.53. The van der Waals surface area contributed by atoms with Crippen molar-refractivity contribution in [3.05, 3.63) is 54.0 Å². The van der Waals surface area contributed by atoms with Crippen LogP contribution in [0.3, 0.4) is 0 Å². The average Bonchev–Trinajstić information content (AvgIpc) is 2.73. The molecule has 1 aromatic carbocycles. The van der Waals surface area contributed by atoms with Gasteiger partial charge in [-0.05, 0) is 0 Å². The molecule has 0 fully saturated rings. The molecule has 0 aliphatic rings. The summed E-state index contributed by atoms with van der Waals surface area (Å²) in [5.74, 6) is 0. The van der Waals surface area contributed by atoms with Gasteiger partial charge in [0.25, 0.3) is 0 Å². The van der Waals surface area contributed by atoms with Gasteiger partial charge in [-0.15, -0.1) is 11.3 Å². The molecule has 0 aliphatic carbocycles. The first-order chi connectivity index (χ1) is 7.83. The average molecular weight is 228 g/mol. The van der Waals surface area contributed by atoms with Crippen LogP contribution in [0.1, 0.15) is 0 Å². The summed E-state index contributed by atoms with van der Waals surface area (Å²) in [4.78, 5) is 4.49. The van der Waals surface area contributed by atoms with E-state index >= 15 is 0 Å². The van der Waals surface area contributed by atoms with Crippen LogP contribution in [0.2, 0.25) is 0 Å². The summed E-state index contributed by atoms with van der Waals surface area (Å²) >= 11 is 1.53. The highest BCUT2D eigenvalue weighted by Crippen LogP contribution is 2.28. The molecule has 4 heteroatoms. The minimum atomic E-state index is 0.801. The highest BCUT2D eigenvalue weighted by Gasteiger charge is 2.07. The standard InChI is InChI=1S/C12H8N2OS/c15-14-7-6-10-11(8-14)16-12(13-10)9-4-2-1-3-5-9/h1-8H. The second-order valence-electron chi connectivity index (χ2n) is 3.44. The summed E-state index contributed by atoms with van der Waals surface area (Å²) in [5, 5.41) is 12.1. The zero-order valence-electron chi connectivity index (χ0n) is 8.33. The summed E-state index contributed by atoms with van der Waals surface area (Å²) < 4.78 is 1.71. The van der Waals surface area contributed by atoms with Crippen LogP contribution in [0.25, 0.3) is 20.8 Å². The molecule has 0 radical (unpaired) electrons. The number of thiazole rings is 1.